The van der Waals surface area contributed by atoms with Crippen molar-refractivity contribution in [3.63, 3.8) is 0 Å². The summed E-state index contributed by atoms with van der Waals surface area (Å²) < 4.78 is 18.6. The van der Waals surface area contributed by atoms with Crippen LogP contribution in [-0.4, -0.2) is 27.0 Å². The summed E-state index contributed by atoms with van der Waals surface area (Å²) >= 11 is 1.57. The molecule has 7 heteroatoms. The van der Waals surface area contributed by atoms with Gasteiger partial charge in [0.2, 0.25) is 17.6 Å². The summed E-state index contributed by atoms with van der Waals surface area (Å²) in [6, 6.07) is 8.59. The molecule has 1 aliphatic carbocycles. The van der Waals surface area contributed by atoms with Crippen LogP contribution in [0.3, 0.4) is 0 Å². The largest absolute Gasteiger partial charge is 0.339 e. The second-order valence-electron chi connectivity index (χ2n) is 6.41. The van der Waals surface area contributed by atoms with E-state index in [2.05, 4.69) is 10.1 Å². The van der Waals surface area contributed by atoms with Gasteiger partial charge in [-0.15, -0.1) is 0 Å². The molecule has 2 aromatic heterocycles. The monoisotopic (exact) mass is 371 g/mol. The van der Waals surface area contributed by atoms with Gasteiger partial charge in [0.05, 0.1) is 0 Å². The molecule has 26 heavy (non-hydrogen) atoms. The molecule has 4 rings (SSSR count). The summed E-state index contributed by atoms with van der Waals surface area (Å²) in [5.41, 5.74) is 1.73. The normalized spacial score (nSPS) is 13.7. The van der Waals surface area contributed by atoms with E-state index in [-0.39, 0.29) is 17.8 Å². The van der Waals surface area contributed by atoms with Crippen LogP contribution in [-0.2, 0) is 17.8 Å². The number of benzene rings is 1. The van der Waals surface area contributed by atoms with Gasteiger partial charge in [-0.1, -0.05) is 17.3 Å². The molecular formula is C19H18FN3O2S. The molecule has 5 nitrogen and oxygen atoms in total. The number of hydrogen-bond acceptors (Lipinski definition) is 5. The Hall–Kier alpha value is -2.54. The van der Waals surface area contributed by atoms with Gasteiger partial charge < -0.3 is 9.42 Å². The Bertz CT molecular complexity index is 890. The summed E-state index contributed by atoms with van der Waals surface area (Å²) in [7, 11) is 0. The van der Waals surface area contributed by atoms with Gasteiger partial charge in [0.25, 0.3) is 0 Å². The zero-order valence-corrected chi connectivity index (χ0v) is 14.9. The molecular weight excluding hydrogens is 353 g/mol. The fraction of sp³-hybridized carbons (Fsp3) is 0.316. The molecule has 1 aliphatic rings. The minimum atomic E-state index is -0.280. The highest BCUT2D eigenvalue weighted by molar-refractivity contribution is 7.08. The Morgan fingerprint density at radius 3 is 2.96 bits per heavy atom. The van der Waals surface area contributed by atoms with Crippen LogP contribution in [0.15, 0.2) is 45.6 Å². The molecule has 0 spiro atoms. The smallest absolute Gasteiger partial charge is 0.227 e. The van der Waals surface area contributed by atoms with Crippen molar-refractivity contribution in [3.8, 4) is 11.4 Å². The lowest BCUT2D eigenvalue weighted by atomic mass is 10.2. The predicted molar refractivity (Wildman–Crippen MR) is 95.9 cm³/mol. The number of halogens is 1. The van der Waals surface area contributed by atoms with Crippen molar-refractivity contribution in [2.45, 2.75) is 38.3 Å². The zero-order valence-electron chi connectivity index (χ0n) is 14.1. The molecule has 1 saturated carbocycles. The van der Waals surface area contributed by atoms with Crippen LogP contribution in [0.4, 0.5) is 4.39 Å². The Morgan fingerprint density at radius 1 is 1.35 bits per heavy atom. The van der Waals surface area contributed by atoms with E-state index in [1.807, 2.05) is 27.8 Å². The van der Waals surface area contributed by atoms with Crippen molar-refractivity contribution in [3.05, 3.63) is 58.4 Å². The van der Waals surface area contributed by atoms with Gasteiger partial charge >= 0.3 is 0 Å². The van der Waals surface area contributed by atoms with E-state index in [1.165, 1.54) is 12.1 Å². The SMILES string of the molecule is O=C(CCc1nc(-c2ccsc2)no1)N(Cc1cccc(F)c1)C1CC1. The van der Waals surface area contributed by atoms with E-state index in [9.17, 15) is 9.18 Å². The third kappa shape index (κ3) is 3.99. The van der Waals surface area contributed by atoms with Crippen LogP contribution >= 0.6 is 11.3 Å². The van der Waals surface area contributed by atoms with Gasteiger partial charge in [0.1, 0.15) is 5.82 Å². The summed E-state index contributed by atoms with van der Waals surface area (Å²) in [6.45, 7) is 0.436. The lowest BCUT2D eigenvalue weighted by molar-refractivity contribution is -0.132. The Morgan fingerprint density at radius 2 is 2.23 bits per heavy atom. The van der Waals surface area contributed by atoms with Crippen molar-refractivity contribution < 1.29 is 13.7 Å². The quantitative estimate of drug-likeness (QED) is 0.628. The number of thiophene rings is 1. The number of hydrogen-bond donors (Lipinski definition) is 0. The Balaban J connectivity index is 1.38. The molecule has 3 aromatic rings. The van der Waals surface area contributed by atoms with Gasteiger partial charge in [-0.2, -0.15) is 16.3 Å². The fourth-order valence-electron chi connectivity index (χ4n) is 2.86. The predicted octanol–water partition coefficient (Wildman–Crippen LogP) is 4.06. The Labute approximate surface area is 154 Å². The molecule has 1 aromatic carbocycles. The number of aryl methyl sites for hydroxylation is 1. The highest BCUT2D eigenvalue weighted by Gasteiger charge is 2.32. The molecule has 0 unspecified atom stereocenters. The van der Waals surface area contributed by atoms with Crippen molar-refractivity contribution in [1.29, 1.82) is 0 Å². The summed E-state index contributed by atoms with van der Waals surface area (Å²) in [5, 5.41) is 7.87. The first-order valence-corrected chi connectivity index (χ1v) is 9.52. The minimum absolute atomic E-state index is 0.0343. The molecule has 0 saturated heterocycles. The first-order valence-electron chi connectivity index (χ1n) is 8.58. The van der Waals surface area contributed by atoms with E-state index in [0.29, 0.717) is 31.1 Å². The maximum atomic E-state index is 13.4. The van der Waals surface area contributed by atoms with E-state index in [4.69, 9.17) is 4.52 Å². The number of rotatable bonds is 7. The second kappa shape index (κ2) is 7.37. The third-order valence-corrected chi connectivity index (χ3v) is 5.03. The van der Waals surface area contributed by atoms with Gasteiger partial charge in [-0.25, -0.2) is 4.39 Å². The first-order chi connectivity index (χ1) is 12.7. The molecule has 134 valence electrons. The van der Waals surface area contributed by atoms with E-state index in [0.717, 1.165) is 24.0 Å². The first kappa shape index (κ1) is 16.9. The highest BCUT2D eigenvalue weighted by Crippen LogP contribution is 2.29. The standard InChI is InChI=1S/C19H18FN3O2S/c20-15-3-1-2-13(10-15)11-23(16-4-5-16)18(24)7-6-17-21-19(22-25-17)14-8-9-26-12-14/h1-3,8-10,12,16H,4-7,11H2. The van der Waals surface area contributed by atoms with Crippen LogP contribution in [0.2, 0.25) is 0 Å². The van der Waals surface area contributed by atoms with Crippen molar-refractivity contribution in [1.82, 2.24) is 15.0 Å². The number of aromatic nitrogens is 2. The van der Waals surface area contributed by atoms with E-state index >= 15 is 0 Å². The minimum Gasteiger partial charge on any atom is -0.339 e. The lowest BCUT2D eigenvalue weighted by Crippen LogP contribution is -2.32. The van der Waals surface area contributed by atoms with Crippen LogP contribution in [0.5, 0.6) is 0 Å². The molecule has 1 amide bonds. The third-order valence-electron chi connectivity index (χ3n) is 4.35. The van der Waals surface area contributed by atoms with Crippen LogP contribution in [0.1, 0.15) is 30.7 Å². The molecule has 0 bridgehead atoms. The average Bonchev–Trinajstić information content (AvgIpc) is 3.12. The van der Waals surface area contributed by atoms with Gasteiger partial charge in [-0.3, -0.25) is 4.79 Å². The molecule has 0 atom stereocenters. The molecule has 1 fully saturated rings. The molecule has 2 heterocycles. The zero-order chi connectivity index (χ0) is 17.9. The average molecular weight is 371 g/mol. The summed E-state index contributed by atoms with van der Waals surface area (Å²) in [6.07, 6.45) is 2.72. The Kier molecular flexibility index (Phi) is 4.79. The van der Waals surface area contributed by atoms with Gasteiger partial charge in [-0.05, 0) is 42.0 Å². The number of amides is 1. The van der Waals surface area contributed by atoms with Gasteiger partial charge in [0, 0.05) is 36.4 Å². The topological polar surface area (TPSA) is 59.2 Å². The maximum absolute atomic E-state index is 13.4. The van der Waals surface area contributed by atoms with Crippen LogP contribution in [0.25, 0.3) is 11.4 Å². The highest BCUT2D eigenvalue weighted by atomic mass is 32.1. The van der Waals surface area contributed by atoms with Crippen LogP contribution < -0.4 is 0 Å². The van der Waals surface area contributed by atoms with Crippen molar-refractivity contribution in [2.75, 3.05) is 0 Å². The molecule has 0 radical (unpaired) electrons. The number of carbonyl (C=O) groups excluding carboxylic acids is 1. The molecule has 0 aliphatic heterocycles. The number of nitrogens with zero attached hydrogens (tertiary/aromatic N) is 3. The fourth-order valence-corrected chi connectivity index (χ4v) is 3.50. The maximum Gasteiger partial charge on any atom is 0.227 e. The number of carbonyl (C=O) groups is 1. The van der Waals surface area contributed by atoms with E-state index in [1.54, 1.807) is 17.4 Å². The van der Waals surface area contributed by atoms with Crippen LogP contribution in [0, 0.1) is 5.82 Å². The van der Waals surface area contributed by atoms with Crippen molar-refractivity contribution >= 4 is 17.2 Å². The second-order valence-corrected chi connectivity index (χ2v) is 7.19. The summed E-state index contributed by atoms with van der Waals surface area (Å²) in [4.78, 5) is 18.9. The van der Waals surface area contributed by atoms with Gasteiger partial charge in [0.15, 0.2) is 0 Å². The van der Waals surface area contributed by atoms with Crippen molar-refractivity contribution in [2.24, 2.45) is 0 Å². The lowest BCUT2D eigenvalue weighted by Gasteiger charge is -2.22. The molecule has 0 N–H and O–H groups in total. The summed E-state index contributed by atoms with van der Waals surface area (Å²) in [5.74, 6) is 0.762. The van der Waals surface area contributed by atoms with E-state index < -0.39 is 0 Å².